The van der Waals surface area contributed by atoms with Crippen molar-refractivity contribution in [2.24, 2.45) is 15.2 Å². The van der Waals surface area contributed by atoms with Crippen LogP contribution in [0.1, 0.15) is 6.92 Å². The van der Waals surface area contributed by atoms with Crippen LogP contribution in [0, 0.1) is 10.1 Å². The Balaban J connectivity index is 1.84. The zero-order chi connectivity index (χ0) is 17.1. The average Bonchev–Trinajstić information content (AvgIpc) is 2.87. The van der Waals surface area contributed by atoms with Gasteiger partial charge in [-0.2, -0.15) is 15.2 Å². The third-order valence-corrected chi connectivity index (χ3v) is 3.46. The van der Waals surface area contributed by atoms with Crippen molar-refractivity contribution in [3.05, 3.63) is 64.7 Å². The number of non-ortho nitro benzene ring substituents is 1. The van der Waals surface area contributed by atoms with Gasteiger partial charge in [-0.15, -0.1) is 0 Å². The van der Waals surface area contributed by atoms with E-state index in [0.29, 0.717) is 11.5 Å². The number of hydrogen-bond acceptors (Lipinski definition) is 6. The number of azo groups is 1. The van der Waals surface area contributed by atoms with Crippen molar-refractivity contribution in [3.8, 4) is 0 Å². The Bertz CT molecular complexity index is 831. The largest absolute Gasteiger partial charge is 0.297 e. The number of nitrogens with zero attached hydrogens (tertiary/aromatic N) is 5. The van der Waals surface area contributed by atoms with Crippen molar-refractivity contribution in [3.63, 3.8) is 0 Å². The van der Waals surface area contributed by atoms with Crippen LogP contribution >= 0.6 is 0 Å². The maximum Gasteiger partial charge on any atom is 0.295 e. The van der Waals surface area contributed by atoms with Crippen molar-refractivity contribution < 1.29 is 9.72 Å². The number of para-hydroxylation sites is 1. The molecule has 24 heavy (non-hydrogen) atoms. The first-order chi connectivity index (χ1) is 11.6. The highest BCUT2D eigenvalue weighted by atomic mass is 16.6. The number of anilines is 1. The van der Waals surface area contributed by atoms with E-state index in [-0.39, 0.29) is 5.69 Å². The molecule has 0 aromatic heterocycles. The van der Waals surface area contributed by atoms with Crippen LogP contribution in [-0.4, -0.2) is 22.8 Å². The lowest BCUT2D eigenvalue weighted by molar-refractivity contribution is -0.384. The molecule has 2 aromatic carbocycles. The van der Waals surface area contributed by atoms with Crippen LogP contribution in [0.3, 0.4) is 0 Å². The summed E-state index contributed by atoms with van der Waals surface area (Å²) in [5.41, 5.74) is 1.18. The van der Waals surface area contributed by atoms with Crippen molar-refractivity contribution in [1.29, 1.82) is 0 Å². The monoisotopic (exact) mass is 323 g/mol. The van der Waals surface area contributed by atoms with Crippen molar-refractivity contribution >= 4 is 28.8 Å². The molecule has 120 valence electrons. The van der Waals surface area contributed by atoms with Gasteiger partial charge < -0.3 is 0 Å². The smallest absolute Gasteiger partial charge is 0.295 e. The second-order valence-electron chi connectivity index (χ2n) is 5.07. The molecule has 1 aliphatic heterocycles. The molecule has 0 N–H and O–H groups in total. The van der Waals surface area contributed by atoms with E-state index in [0.717, 1.165) is 5.69 Å². The van der Waals surface area contributed by atoms with Crippen LogP contribution in [0.15, 0.2) is 69.8 Å². The number of carbonyl (C=O) groups excluding carboxylic acids is 1. The van der Waals surface area contributed by atoms with Crippen LogP contribution in [-0.2, 0) is 4.79 Å². The van der Waals surface area contributed by atoms with E-state index in [4.69, 9.17) is 0 Å². The van der Waals surface area contributed by atoms with Crippen molar-refractivity contribution in [2.45, 2.75) is 13.1 Å². The Kier molecular flexibility index (Phi) is 4.11. The molecule has 1 heterocycles. The molecule has 0 saturated carbocycles. The molecule has 0 radical (unpaired) electrons. The molecule has 1 atom stereocenters. The summed E-state index contributed by atoms with van der Waals surface area (Å²) >= 11 is 0. The second-order valence-corrected chi connectivity index (χ2v) is 5.07. The zero-order valence-corrected chi connectivity index (χ0v) is 12.7. The second kappa shape index (κ2) is 6.37. The number of carbonyl (C=O) groups is 1. The van der Waals surface area contributed by atoms with Crippen LogP contribution in [0.4, 0.5) is 17.1 Å². The predicted molar refractivity (Wildman–Crippen MR) is 88.4 cm³/mol. The molecule has 3 rings (SSSR count). The summed E-state index contributed by atoms with van der Waals surface area (Å²) in [6.45, 7) is 1.73. The van der Waals surface area contributed by atoms with Gasteiger partial charge in [-0.05, 0) is 31.2 Å². The summed E-state index contributed by atoms with van der Waals surface area (Å²) in [5.74, 6) is 0.140. The van der Waals surface area contributed by atoms with E-state index in [2.05, 4.69) is 15.2 Å². The Labute approximate surface area is 137 Å². The molecule has 0 aliphatic carbocycles. The van der Waals surface area contributed by atoms with Gasteiger partial charge in [0.1, 0.15) is 5.84 Å². The lowest BCUT2D eigenvalue weighted by Crippen LogP contribution is -2.35. The van der Waals surface area contributed by atoms with Gasteiger partial charge in [0, 0.05) is 17.8 Å². The molecule has 8 nitrogen and oxygen atoms in total. The van der Waals surface area contributed by atoms with Gasteiger partial charge in [0.15, 0.2) is 0 Å². The quantitative estimate of drug-likeness (QED) is 0.488. The van der Waals surface area contributed by atoms with Crippen molar-refractivity contribution in [2.75, 3.05) is 4.90 Å². The number of amidine groups is 1. The Hall–Kier alpha value is -3.42. The fourth-order valence-corrected chi connectivity index (χ4v) is 2.34. The van der Waals surface area contributed by atoms with Gasteiger partial charge in [0.2, 0.25) is 6.17 Å². The summed E-state index contributed by atoms with van der Waals surface area (Å²) in [7, 11) is 0. The number of hydrogen-bond donors (Lipinski definition) is 0. The van der Waals surface area contributed by atoms with Gasteiger partial charge in [0.25, 0.3) is 11.6 Å². The highest BCUT2D eigenvalue weighted by Gasteiger charge is 2.34. The summed E-state index contributed by atoms with van der Waals surface area (Å²) in [6, 6.07) is 14.9. The minimum atomic E-state index is -0.873. The van der Waals surface area contributed by atoms with Gasteiger partial charge in [-0.3, -0.25) is 19.8 Å². The molecule has 0 unspecified atom stereocenters. The van der Waals surface area contributed by atoms with Gasteiger partial charge in [-0.1, -0.05) is 18.2 Å². The van der Waals surface area contributed by atoms with Crippen molar-refractivity contribution in [1.82, 2.24) is 0 Å². The highest BCUT2D eigenvalue weighted by Crippen LogP contribution is 2.25. The number of amides is 1. The van der Waals surface area contributed by atoms with Gasteiger partial charge in [0.05, 0.1) is 10.6 Å². The lowest BCUT2D eigenvalue weighted by atomic mass is 10.2. The topological polar surface area (TPSA) is 101 Å². The molecule has 0 fully saturated rings. The molecule has 1 amide bonds. The molecule has 1 aliphatic rings. The van der Waals surface area contributed by atoms with E-state index >= 15 is 0 Å². The third-order valence-electron chi connectivity index (χ3n) is 3.46. The molecular weight excluding hydrogens is 310 g/mol. The van der Waals surface area contributed by atoms with E-state index in [1.807, 2.05) is 30.3 Å². The SMILES string of the molecule is CC1=NC(=O)[C@@H](N=Nc2ccc([N+](=O)[O-])cc2)N1c1ccccc1. The number of nitro benzene ring substituents is 1. The molecule has 0 spiro atoms. The maximum absolute atomic E-state index is 12.1. The van der Waals surface area contributed by atoms with Crippen LogP contribution in [0.2, 0.25) is 0 Å². The number of nitro groups is 1. The number of rotatable bonds is 4. The zero-order valence-electron chi connectivity index (χ0n) is 12.7. The fourth-order valence-electron chi connectivity index (χ4n) is 2.34. The standard InChI is InChI=1S/C16H13N5O3/c1-11-17-16(22)15(20(11)13-5-3-2-4-6-13)19-18-12-7-9-14(10-8-12)21(23)24/h2-10,15H,1H3/t15-/m0/s1. The summed E-state index contributed by atoms with van der Waals surface area (Å²) in [4.78, 5) is 27.8. The first-order valence-electron chi connectivity index (χ1n) is 7.15. The van der Waals surface area contributed by atoms with E-state index in [9.17, 15) is 14.9 Å². The molecule has 0 bridgehead atoms. The Morgan fingerprint density at radius 3 is 2.42 bits per heavy atom. The van der Waals surface area contributed by atoms with Crippen LogP contribution < -0.4 is 4.90 Å². The predicted octanol–water partition coefficient (Wildman–Crippen LogP) is 3.47. The van der Waals surface area contributed by atoms with E-state index in [1.165, 1.54) is 24.3 Å². The molecule has 0 saturated heterocycles. The average molecular weight is 323 g/mol. The summed E-state index contributed by atoms with van der Waals surface area (Å²) in [5, 5.41) is 18.7. The Morgan fingerprint density at radius 2 is 1.79 bits per heavy atom. The lowest BCUT2D eigenvalue weighted by Gasteiger charge is -2.21. The number of aliphatic imine (C=N–C) groups is 1. The van der Waals surface area contributed by atoms with E-state index < -0.39 is 17.0 Å². The molecule has 2 aromatic rings. The van der Waals surface area contributed by atoms with Crippen LogP contribution in [0.25, 0.3) is 0 Å². The fraction of sp³-hybridized carbons (Fsp3) is 0.125. The minimum absolute atomic E-state index is 0.0315. The van der Waals surface area contributed by atoms with Gasteiger partial charge in [-0.25, -0.2) is 0 Å². The first-order valence-corrected chi connectivity index (χ1v) is 7.15. The number of benzene rings is 2. The third kappa shape index (κ3) is 3.02. The summed E-state index contributed by atoms with van der Waals surface area (Å²) < 4.78 is 0. The minimum Gasteiger partial charge on any atom is -0.297 e. The van der Waals surface area contributed by atoms with Crippen LogP contribution in [0.5, 0.6) is 0 Å². The molecular formula is C16H13N5O3. The summed E-state index contributed by atoms with van der Waals surface area (Å²) in [6.07, 6.45) is -0.873. The Morgan fingerprint density at radius 1 is 1.12 bits per heavy atom. The van der Waals surface area contributed by atoms with Gasteiger partial charge >= 0.3 is 0 Å². The highest BCUT2D eigenvalue weighted by molar-refractivity contribution is 6.13. The molecule has 8 heteroatoms. The van der Waals surface area contributed by atoms with E-state index in [1.54, 1.807) is 11.8 Å². The maximum atomic E-state index is 12.1. The first kappa shape index (κ1) is 15.5. The normalized spacial score (nSPS) is 17.4.